The number of methoxy groups -OCH3 is 2. The fraction of sp³-hybridized carbons (Fsp3) is 0.235. The maximum absolute atomic E-state index is 12.4. The largest absolute Gasteiger partial charge is 0.504 e. The summed E-state index contributed by atoms with van der Waals surface area (Å²) in [6, 6.07) is 1.24. The first-order chi connectivity index (χ1) is 10.6. The van der Waals surface area contributed by atoms with Gasteiger partial charge in [-0.1, -0.05) is 30.4 Å². The standard InChI is InChI=1S/C17H18O5/c1-21-14-10-13(19)17(22-2)16(20)15(14)12(18)9-8-11-6-4-3-5-7-11/h3-6,8-11,19-20H,7H2,1-2H3. The Balaban J connectivity index is 2.34. The van der Waals surface area contributed by atoms with Crippen LogP contribution in [0, 0.1) is 5.92 Å². The van der Waals surface area contributed by atoms with Crippen molar-refractivity contribution in [1.29, 1.82) is 0 Å². The lowest BCUT2D eigenvalue weighted by molar-refractivity contribution is 0.104. The van der Waals surface area contributed by atoms with Crippen LogP contribution in [0.1, 0.15) is 16.8 Å². The van der Waals surface area contributed by atoms with E-state index in [1.54, 1.807) is 6.08 Å². The van der Waals surface area contributed by atoms with E-state index in [0.717, 1.165) is 6.42 Å². The van der Waals surface area contributed by atoms with E-state index >= 15 is 0 Å². The van der Waals surface area contributed by atoms with Crippen molar-refractivity contribution in [1.82, 2.24) is 0 Å². The number of carbonyl (C=O) groups is 1. The number of benzene rings is 1. The molecule has 2 rings (SSSR count). The van der Waals surface area contributed by atoms with E-state index in [9.17, 15) is 15.0 Å². The molecule has 0 saturated carbocycles. The summed E-state index contributed by atoms with van der Waals surface area (Å²) in [6.45, 7) is 0. The van der Waals surface area contributed by atoms with Crippen LogP contribution in [-0.2, 0) is 0 Å². The van der Waals surface area contributed by atoms with Gasteiger partial charge in [-0.05, 0) is 18.4 Å². The van der Waals surface area contributed by atoms with Crippen LogP contribution in [-0.4, -0.2) is 30.2 Å². The van der Waals surface area contributed by atoms with Crippen molar-refractivity contribution in [3.8, 4) is 23.0 Å². The Kier molecular flexibility index (Phi) is 4.88. The Morgan fingerprint density at radius 1 is 1.27 bits per heavy atom. The summed E-state index contributed by atoms with van der Waals surface area (Å²) < 4.78 is 9.97. The quantitative estimate of drug-likeness (QED) is 0.646. The smallest absolute Gasteiger partial charge is 0.203 e. The van der Waals surface area contributed by atoms with Gasteiger partial charge in [-0.15, -0.1) is 0 Å². The highest BCUT2D eigenvalue weighted by atomic mass is 16.5. The van der Waals surface area contributed by atoms with Crippen molar-refractivity contribution in [3.05, 3.63) is 48.1 Å². The minimum Gasteiger partial charge on any atom is -0.504 e. The van der Waals surface area contributed by atoms with Gasteiger partial charge < -0.3 is 19.7 Å². The van der Waals surface area contributed by atoms with Crippen molar-refractivity contribution in [2.45, 2.75) is 6.42 Å². The lowest BCUT2D eigenvalue weighted by atomic mass is 9.98. The zero-order valence-corrected chi connectivity index (χ0v) is 12.4. The Hall–Kier alpha value is -2.69. The lowest BCUT2D eigenvalue weighted by Crippen LogP contribution is -2.02. The lowest BCUT2D eigenvalue weighted by Gasteiger charge is -2.13. The summed E-state index contributed by atoms with van der Waals surface area (Å²) >= 11 is 0. The minimum absolute atomic E-state index is 0.0382. The third-order valence-electron chi connectivity index (χ3n) is 3.38. The molecular weight excluding hydrogens is 284 g/mol. The molecule has 0 radical (unpaired) electrons. The van der Waals surface area contributed by atoms with Gasteiger partial charge in [0.2, 0.25) is 5.75 Å². The number of phenolic OH excluding ortho intramolecular Hbond substituents is 2. The van der Waals surface area contributed by atoms with Crippen LogP contribution in [0.2, 0.25) is 0 Å². The highest BCUT2D eigenvalue weighted by Gasteiger charge is 2.23. The predicted octanol–water partition coefficient (Wildman–Crippen LogP) is 2.99. The van der Waals surface area contributed by atoms with Gasteiger partial charge in [0.25, 0.3) is 0 Å². The van der Waals surface area contributed by atoms with Crippen LogP contribution in [0.15, 0.2) is 42.5 Å². The molecule has 1 unspecified atom stereocenters. The van der Waals surface area contributed by atoms with Gasteiger partial charge in [-0.3, -0.25) is 4.79 Å². The van der Waals surface area contributed by atoms with Crippen LogP contribution >= 0.6 is 0 Å². The Labute approximate surface area is 128 Å². The molecule has 2 N–H and O–H groups in total. The number of rotatable bonds is 5. The molecule has 0 spiro atoms. The van der Waals surface area contributed by atoms with Gasteiger partial charge in [0.1, 0.15) is 11.3 Å². The number of ether oxygens (including phenoxy) is 2. The third-order valence-corrected chi connectivity index (χ3v) is 3.38. The van der Waals surface area contributed by atoms with Crippen molar-refractivity contribution in [3.63, 3.8) is 0 Å². The molecule has 1 aromatic rings. The molecule has 116 valence electrons. The molecule has 0 heterocycles. The molecule has 0 fully saturated rings. The molecule has 1 aromatic carbocycles. The van der Waals surface area contributed by atoms with E-state index in [-0.39, 0.29) is 28.7 Å². The van der Waals surface area contributed by atoms with E-state index in [4.69, 9.17) is 9.47 Å². The number of aromatic hydroxyl groups is 2. The molecule has 22 heavy (non-hydrogen) atoms. The summed E-state index contributed by atoms with van der Waals surface area (Å²) in [6.07, 6.45) is 11.8. The van der Waals surface area contributed by atoms with Gasteiger partial charge in [0.15, 0.2) is 17.3 Å². The number of allylic oxidation sites excluding steroid dienone is 6. The monoisotopic (exact) mass is 302 g/mol. The summed E-state index contributed by atoms with van der Waals surface area (Å²) in [5, 5.41) is 19.9. The van der Waals surface area contributed by atoms with Crippen molar-refractivity contribution in [2.75, 3.05) is 14.2 Å². The average molecular weight is 302 g/mol. The van der Waals surface area contributed by atoms with E-state index < -0.39 is 11.5 Å². The average Bonchev–Trinajstić information content (AvgIpc) is 2.53. The molecule has 1 aliphatic carbocycles. The molecule has 1 atom stereocenters. The molecule has 0 bridgehead atoms. The second-order valence-corrected chi connectivity index (χ2v) is 4.79. The maximum atomic E-state index is 12.4. The fourth-order valence-corrected chi connectivity index (χ4v) is 2.25. The van der Waals surface area contributed by atoms with Crippen LogP contribution in [0.5, 0.6) is 23.0 Å². The summed E-state index contributed by atoms with van der Waals surface area (Å²) in [7, 11) is 2.65. The summed E-state index contributed by atoms with van der Waals surface area (Å²) in [5.74, 6) is -1.08. The highest BCUT2D eigenvalue weighted by molar-refractivity contribution is 6.09. The predicted molar refractivity (Wildman–Crippen MR) is 82.7 cm³/mol. The number of phenols is 2. The number of hydrogen-bond donors (Lipinski definition) is 2. The van der Waals surface area contributed by atoms with Crippen molar-refractivity contribution >= 4 is 5.78 Å². The number of carbonyl (C=O) groups excluding carboxylic acids is 1. The van der Waals surface area contributed by atoms with E-state index in [1.807, 2.05) is 24.3 Å². The van der Waals surface area contributed by atoms with Gasteiger partial charge >= 0.3 is 0 Å². The normalized spacial score (nSPS) is 16.9. The third kappa shape index (κ3) is 3.14. The second kappa shape index (κ2) is 6.85. The molecule has 5 nitrogen and oxygen atoms in total. The summed E-state index contributed by atoms with van der Waals surface area (Å²) in [4.78, 5) is 12.4. The van der Waals surface area contributed by atoms with Gasteiger partial charge in [0, 0.05) is 6.07 Å². The molecule has 0 saturated heterocycles. The number of hydrogen-bond acceptors (Lipinski definition) is 5. The Bertz CT molecular complexity index is 656. The molecule has 0 aromatic heterocycles. The van der Waals surface area contributed by atoms with E-state index in [1.165, 1.54) is 26.4 Å². The van der Waals surface area contributed by atoms with Gasteiger partial charge in [0.05, 0.1) is 14.2 Å². The van der Waals surface area contributed by atoms with Crippen LogP contribution in [0.4, 0.5) is 0 Å². The fourth-order valence-electron chi connectivity index (χ4n) is 2.25. The zero-order valence-electron chi connectivity index (χ0n) is 12.4. The minimum atomic E-state index is -0.437. The topological polar surface area (TPSA) is 76.0 Å². The molecule has 1 aliphatic rings. The molecule has 0 amide bonds. The van der Waals surface area contributed by atoms with Gasteiger partial charge in [-0.25, -0.2) is 0 Å². The highest BCUT2D eigenvalue weighted by Crippen LogP contribution is 2.44. The summed E-state index contributed by atoms with van der Waals surface area (Å²) in [5.41, 5.74) is -0.0382. The maximum Gasteiger partial charge on any atom is 0.203 e. The Morgan fingerprint density at radius 2 is 2.05 bits per heavy atom. The second-order valence-electron chi connectivity index (χ2n) is 4.79. The molecule has 5 heteroatoms. The van der Waals surface area contributed by atoms with Crippen molar-refractivity contribution in [2.24, 2.45) is 5.92 Å². The van der Waals surface area contributed by atoms with E-state index in [2.05, 4.69) is 0 Å². The van der Waals surface area contributed by atoms with Crippen molar-refractivity contribution < 1.29 is 24.5 Å². The van der Waals surface area contributed by atoms with Gasteiger partial charge in [-0.2, -0.15) is 0 Å². The SMILES string of the molecule is COc1cc(O)c(OC)c(O)c1C(=O)C=CC1C=CC=CC1. The van der Waals surface area contributed by atoms with E-state index in [0.29, 0.717) is 0 Å². The van der Waals surface area contributed by atoms with Crippen LogP contribution in [0.3, 0.4) is 0 Å². The first kappa shape index (κ1) is 15.7. The first-order valence-electron chi connectivity index (χ1n) is 6.81. The van der Waals surface area contributed by atoms with Crippen LogP contribution in [0.25, 0.3) is 0 Å². The Morgan fingerprint density at radius 3 is 2.64 bits per heavy atom. The first-order valence-corrected chi connectivity index (χ1v) is 6.81. The molecule has 0 aliphatic heterocycles. The van der Waals surface area contributed by atoms with Crippen LogP contribution < -0.4 is 9.47 Å². The molecular formula is C17H18O5. The zero-order chi connectivity index (χ0) is 16.1. The number of ketones is 1.